The zero-order valence-corrected chi connectivity index (χ0v) is 19.2. The van der Waals surface area contributed by atoms with Crippen LogP contribution in [-0.2, 0) is 4.74 Å². The molecule has 4 rings (SSSR count). The Morgan fingerprint density at radius 2 is 1.69 bits per heavy atom. The number of carbonyl (C=O) groups excluding carboxylic acids is 2. The van der Waals surface area contributed by atoms with Crippen LogP contribution in [0, 0.1) is 6.92 Å². The molecule has 32 heavy (non-hydrogen) atoms. The van der Waals surface area contributed by atoms with E-state index >= 15 is 0 Å². The summed E-state index contributed by atoms with van der Waals surface area (Å²) in [5, 5.41) is 0.665. The fourth-order valence-electron chi connectivity index (χ4n) is 3.45. The van der Waals surface area contributed by atoms with Crippen molar-refractivity contribution in [3.8, 4) is 17.0 Å². The van der Waals surface area contributed by atoms with Crippen LogP contribution in [0.5, 0.6) is 5.75 Å². The minimum absolute atomic E-state index is 0.292. The molecule has 1 aromatic heterocycles. The van der Waals surface area contributed by atoms with Crippen molar-refractivity contribution >= 4 is 38.6 Å². The number of ether oxygens (including phenoxy) is 2. The summed E-state index contributed by atoms with van der Waals surface area (Å²) in [6, 6.07) is 21.8. The number of pyridine rings is 1. The van der Waals surface area contributed by atoms with Crippen molar-refractivity contribution in [3.63, 3.8) is 0 Å². The van der Waals surface area contributed by atoms with Crippen LogP contribution < -0.4 is 4.74 Å². The molecule has 1 heterocycles. The van der Waals surface area contributed by atoms with Gasteiger partial charge in [-0.2, -0.15) is 0 Å². The lowest BCUT2D eigenvalue weighted by atomic mass is 10.0. The SMILES string of the molecule is COc1ccc(C(=O)COC(=O)c2cc(-c3ccccc3)nc3c(C)cc(Br)cc23)cc1. The summed E-state index contributed by atoms with van der Waals surface area (Å²) >= 11 is 3.49. The normalized spacial score (nSPS) is 10.7. The van der Waals surface area contributed by atoms with E-state index in [2.05, 4.69) is 15.9 Å². The molecule has 160 valence electrons. The van der Waals surface area contributed by atoms with E-state index in [4.69, 9.17) is 14.5 Å². The molecular formula is C26H20BrNO4. The van der Waals surface area contributed by atoms with Crippen LogP contribution in [0.3, 0.4) is 0 Å². The molecule has 0 saturated carbocycles. The molecule has 0 unspecified atom stereocenters. The lowest BCUT2D eigenvalue weighted by Crippen LogP contribution is -2.15. The molecule has 6 heteroatoms. The maximum absolute atomic E-state index is 13.1. The third-order valence-electron chi connectivity index (χ3n) is 5.10. The summed E-state index contributed by atoms with van der Waals surface area (Å²) in [4.78, 5) is 30.3. The molecule has 0 aliphatic carbocycles. The van der Waals surface area contributed by atoms with Gasteiger partial charge in [0.05, 0.1) is 23.9 Å². The molecule has 0 aliphatic rings. The zero-order valence-electron chi connectivity index (χ0n) is 17.6. The maximum atomic E-state index is 13.1. The number of aromatic nitrogens is 1. The van der Waals surface area contributed by atoms with E-state index in [9.17, 15) is 9.59 Å². The predicted molar refractivity (Wildman–Crippen MR) is 127 cm³/mol. The van der Waals surface area contributed by atoms with Crippen LogP contribution in [-0.4, -0.2) is 30.5 Å². The largest absolute Gasteiger partial charge is 0.497 e. The first kappa shape index (κ1) is 21.7. The third-order valence-corrected chi connectivity index (χ3v) is 5.56. The second-order valence-corrected chi connectivity index (χ2v) is 8.18. The van der Waals surface area contributed by atoms with Gasteiger partial charge in [0.1, 0.15) is 5.75 Å². The third kappa shape index (κ3) is 4.55. The Kier molecular flexibility index (Phi) is 6.32. The molecule has 0 amide bonds. The Hall–Kier alpha value is -3.51. The molecule has 0 radical (unpaired) electrons. The highest BCUT2D eigenvalue weighted by Gasteiger charge is 2.18. The fraction of sp³-hybridized carbons (Fsp3) is 0.115. The highest BCUT2D eigenvalue weighted by molar-refractivity contribution is 9.10. The van der Waals surface area contributed by atoms with Crippen molar-refractivity contribution in [3.05, 3.63) is 94.0 Å². The Labute approximate surface area is 194 Å². The monoisotopic (exact) mass is 489 g/mol. The number of Topliss-reactive ketones (excluding diaryl/α,β-unsaturated/α-hetero) is 1. The zero-order chi connectivity index (χ0) is 22.7. The topological polar surface area (TPSA) is 65.5 Å². The molecule has 4 aromatic rings. The number of carbonyl (C=O) groups is 2. The van der Waals surface area contributed by atoms with Crippen molar-refractivity contribution < 1.29 is 19.1 Å². The van der Waals surface area contributed by atoms with Crippen LogP contribution in [0.2, 0.25) is 0 Å². The molecule has 0 bridgehead atoms. The van der Waals surface area contributed by atoms with E-state index in [-0.39, 0.29) is 12.4 Å². The van der Waals surface area contributed by atoms with Crippen molar-refractivity contribution in [2.45, 2.75) is 6.92 Å². The molecule has 0 fully saturated rings. The Morgan fingerprint density at radius 1 is 0.969 bits per heavy atom. The van der Waals surface area contributed by atoms with Gasteiger partial charge in [0.25, 0.3) is 0 Å². The number of nitrogens with zero attached hydrogens (tertiary/aromatic N) is 1. The number of esters is 1. The first-order valence-corrected chi connectivity index (χ1v) is 10.8. The summed E-state index contributed by atoms with van der Waals surface area (Å²) in [5.41, 5.74) is 4.00. The van der Waals surface area contributed by atoms with E-state index < -0.39 is 5.97 Å². The molecule has 0 N–H and O–H groups in total. The number of rotatable bonds is 6. The first-order chi connectivity index (χ1) is 15.5. The van der Waals surface area contributed by atoms with Gasteiger partial charge in [-0.15, -0.1) is 0 Å². The number of hydrogen-bond acceptors (Lipinski definition) is 5. The van der Waals surface area contributed by atoms with Gasteiger partial charge in [-0.3, -0.25) is 4.79 Å². The van der Waals surface area contributed by atoms with Crippen LogP contribution in [0.15, 0.2) is 77.3 Å². The molecular weight excluding hydrogens is 470 g/mol. The molecule has 0 spiro atoms. The minimum Gasteiger partial charge on any atom is -0.497 e. The molecule has 0 saturated heterocycles. The second-order valence-electron chi connectivity index (χ2n) is 7.27. The van der Waals surface area contributed by atoms with Crippen molar-refractivity contribution in [1.82, 2.24) is 4.98 Å². The van der Waals surface area contributed by atoms with Crippen LogP contribution in [0.4, 0.5) is 0 Å². The maximum Gasteiger partial charge on any atom is 0.339 e. The summed E-state index contributed by atoms with van der Waals surface area (Å²) < 4.78 is 11.4. The summed E-state index contributed by atoms with van der Waals surface area (Å²) in [7, 11) is 1.56. The van der Waals surface area contributed by atoms with Gasteiger partial charge in [0.2, 0.25) is 0 Å². The molecule has 5 nitrogen and oxygen atoms in total. The number of halogens is 1. The summed E-state index contributed by atoms with van der Waals surface area (Å²) in [6.45, 7) is 1.58. The van der Waals surface area contributed by atoms with Crippen LogP contribution >= 0.6 is 15.9 Å². The molecule has 0 atom stereocenters. The smallest absolute Gasteiger partial charge is 0.339 e. The van der Waals surface area contributed by atoms with Crippen molar-refractivity contribution in [2.24, 2.45) is 0 Å². The van der Waals surface area contributed by atoms with Gasteiger partial charge in [-0.1, -0.05) is 46.3 Å². The number of fused-ring (bicyclic) bond motifs is 1. The van der Waals surface area contributed by atoms with Gasteiger partial charge in [0.15, 0.2) is 12.4 Å². The van der Waals surface area contributed by atoms with E-state index in [0.717, 1.165) is 15.6 Å². The Morgan fingerprint density at radius 3 is 2.38 bits per heavy atom. The fourth-order valence-corrected chi connectivity index (χ4v) is 4.02. The van der Waals surface area contributed by atoms with Gasteiger partial charge < -0.3 is 9.47 Å². The van der Waals surface area contributed by atoms with Gasteiger partial charge >= 0.3 is 5.97 Å². The van der Waals surface area contributed by atoms with Gasteiger partial charge in [-0.05, 0) is 55.0 Å². The van der Waals surface area contributed by atoms with E-state index in [1.54, 1.807) is 37.4 Å². The highest BCUT2D eigenvalue weighted by atomic mass is 79.9. The molecule has 3 aromatic carbocycles. The summed E-state index contributed by atoms with van der Waals surface area (Å²) in [6.07, 6.45) is 0. The number of ketones is 1. The van der Waals surface area contributed by atoms with Gasteiger partial charge in [0, 0.05) is 21.0 Å². The summed E-state index contributed by atoms with van der Waals surface area (Å²) in [5.74, 6) is -0.217. The number of benzene rings is 3. The van der Waals surface area contributed by atoms with E-state index in [0.29, 0.717) is 33.5 Å². The van der Waals surface area contributed by atoms with Crippen LogP contribution in [0.25, 0.3) is 22.2 Å². The minimum atomic E-state index is -0.575. The number of hydrogen-bond donors (Lipinski definition) is 0. The average molecular weight is 490 g/mol. The average Bonchev–Trinajstić information content (AvgIpc) is 2.82. The molecule has 0 aliphatic heterocycles. The quantitative estimate of drug-likeness (QED) is 0.244. The Balaban J connectivity index is 1.67. The highest BCUT2D eigenvalue weighted by Crippen LogP contribution is 2.30. The predicted octanol–water partition coefficient (Wildman–Crippen LogP) is 6.02. The van der Waals surface area contributed by atoms with Gasteiger partial charge in [-0.25, -0.2) is 9.78 Å². The lowest BCUT2D eigenvalue weighted by Gasteiger charge is -2.12. The second kappa shape index (κ2) is 9.32. The van der Waals surface area contributed by atoms with Crippen LogP contribution in [0.1, 0.15) is 26.3 Å². The van der Waals surface area contributed by atoms with E-state index in [1.165, 1.54) is 0 Å². The van der Waals surface area contributed by atoms with Crippen molar-refractivity contribution in [1.29, 1.82) is 0 Å². The van der Waals surface area contributed by atoms with E-state index in [1.807, 2.05) is 49.4 Å². The van der Waals surface area contributed by atoms with Crippen molar-refractivity contribution in [2.75, 3.05) is 13.7 Å². The number of aryl methyl sites for hydroxylation is 1. The standard InChI is InChI=1S/C26H20BrNO4/c1-16-12-19(27)13-21-22(14-23(28-25(16)21)17-6-4-3-5-7-17)26(30)32-15-24(29)18-8-10-20(31-2)11-9-18/h3-14H,15H2,1-2H3. The Bertz CT molecular complexity index is 1300. The number of methoxy groups -OCH3 is 1. The lowest BCUT2D eigenvalue weighted by molar-refractivity contribution is 0.0476. The first-order valence-electron chi connectivity index (χ1n) is 9.97.